The molecule has 0 unspecified atom stereocenters. The monoisotopic (exact) mass is 249 g/mol. The van der Waals surface area contributed by atoms with Crippen LogP contribution in [0.25, 0.3) is 0 Å². The molecule has 4 N–H and O–H groups in total. The first-order valence-electron chi connectivity index (χ1n) is 3.56. The second kappa shape index (κ2) is 3.72. The fraction of sp³-hybridized carbons (Fsp3) is 0. The Kier molecular flexibility index (Phi) is 2.93. The van der Waals surface area contributed by atoms with Crippen molar-refractivity contribution in [1.82, 2.24) is 0 Å². The summed E-state index contributed by atoms with van der Waals surface area (Å²) in [5, 5.41) is 8.64. The highest BCUT2D eigenvalue weighted by Gasteiger charge is 2.19. The summed E-state index contributed by atoms with van der Waals surface area (Å²) >= 11 is 3.80. The number of nitrogen functional groups attached to an aromatic ring is 1. The quantitative estimate of drug-likeness (QED) is 0.344. The highest BCUT2D eigenvalue weighted by molar-refractivity contribution is 7.86. The van der Waals surface area contributed by atoms with E-state index in [4.69, 9.17) is 15.4 Å². The Morgan fingerprint density at radius 1 is 1.40 bits per heavy atom. The van der Waals surface area contributed by atoms with E-state index >= 15 is 0 Å². The molecule has 0 aliphatic heterocycles. The zero-order valence-corrected chi connectivity index (χ0v) is 8.92. The molecule has 0 atom stereocenters. The van der Waals surface area contributed by atoms with E-state index in [-0.39, 0.29) is 16.1 Å². The molecular formula is C7H7NO5S2. The second-order valence-corrected chi connectivity index (χ2v) is 4.56. The van der Waals surface area contributed by atoms with Crippen molar-refractivity contribution in [3.63, 3.8) is 0 Å². The molecule has 6 nitrogen and oxygen atoms in total. The minimum Gasteiger partial charge on any atom is -0.478 e. The van der Waals surface area contributed by atoms with E-state index in [9.17, 15) is 13.2 Å². The van der Waals surface area contributed by atoms with Crippen LogP contribution in [-0.4, -0.2) is 24.0 Å². The van der Waals surface area contributed by atoms with Gasteiger partial charge >= 0.3 is 5.97 Å². The number of thiol groups is 1. The van der Waals surface area contributed by atoms with Gasteiger partial charge in [-0.25, -0.2) is 4.79 Å². The fourth-order valence-electron chi connectivity index (χ4n) is 0.949. The minimum atomic E-state index is -4.55. The number of hydrogen-bond acceptors (Lipinski definition) is 5. The lowest BCUT2D eigenvalue weighted by Gasteiger charge is -2.06. The molecule has 0 saturated heterocycles. The molecule has 0 spiro atoms. The van der Waals surface area contributed by atoms with Gasteiger partial charge in [-0.15, -0.1) is 12.6 Å². The summed E-state index contributed by atoms with van der Waals surface area (Å²) in [5.74, 6) is -1.34. The van der Waals surface area contributed by atoms with Gasteiger partial charge in [0.25, 0.3) is 10.1 Å². The van der Waals surface area contributed by atoms with E-state index in [1.807, 2.05) is 0 Å². The standard InChI is InChI=1S/C7H7NO5S2/c8-6-4(14)1-3(7(9)10)2-5(6)15(11,12)13/h1-2,14H,8H2,(H,9,10)(H,11,12,13). The van der Waals surface area contributed by atoms with Crippen LogP contribution in [0.3, 0.4) is 0 Å². The third kappa shape index (κ3) is 2.41. The lowest BCUT2D eigenvalue weighted by molar-refractivity contribution is 0.0696. The Balaban J connectivity index is 3.59. The van der Waals surface area contributed by atoms with E-state index < -0.39 is 21.0 Å². The Labute approximate surface area is 90.9 Å². The van der Waals surface area contributed by atoms with Crippen LogP contribution >= 0.6 is 12.6 Å². The highest BCUT2D eigenvalue weighted by Crippen LogP contribution is 2.27. The number of benzene rings is 1. The smallest absolute Gasteiger partial charge is 0.335 e. The van der Waals surface area contributed by atoms with Crippen molar-refractivity contribution in [3.8, 4) is 0 Å². The van der Waals surface area contributed by atoms with Crippen molar-refractivity contribution >= 4 is 34.4 Å². The van der Waals surface area contributed by atoms with Crippen molar-refractivity contribution < 1.29 is 22.9 Å². The van der Waals surface area contributed by atoms with E-state index in [1.54, 1.807) is 0 Å². The first kappa shape index (κ1) is 11.8. The van der Waals surface area contributed by atoms with Gasteiger partial charge in [0, 0.05) is 4.90 Å². The van der Waals surface area contributed by atoms with Crippen LogP contribution in [0.4, 0.5) is 5.69 Å². The van der Waals surface area contributed by atoms with Gasteiger partial charge in [0.15, 0.2) is 0 Å². The summed E-state index contributed by atoms with van der Waals surface area (Å²) < 4.78 is 30.4. The molecular weight excluding hydrogens is 242 g/mol. The van der Waals surface area contributed by atoms with Crippen LogP contribution in [0, 0.1) is 0 Å². The summed E-state index contributed by atoms with van der Waals surface area (Å²) in [6, 6.07) is 1.86. The normalized spacial score (nSPS) is 11.3. The Morgan fingerprint density at radius 2 is 1.93 bits per heavy atom. The molecule has 0 bridgehead atoms. The minimum absolute atomic E-state index is 0.0254. The van der Waals surface area contributed by atoms with E-state index in [2.05, 4.69) is 12.6 Å². The van der Waals surface area contributed by atoms with Crippen LogP contribution in [-0.2, 0) is 10.1 Å². The van der Waals surface area contributed by atoms with Gasteiger partial charge in [-0.2, -0.15) is 8.42 Å². The van der Waals surface area contributed by atoms with Gasteiger partial charge in [0.2, 0.25) is 0 Å². The molecule has 0 heterocycles. The van der Waals surface area contributed by atoms with E-state index in [1.165, 1.54) is 0 Å². The number of anilines is 1. The zero-order chi connectivity index (χ0) is 11.8. The molecule has 15 heavy (non-hydrogen) atoms. The average Bonchev–Trinajstić information content (AvgIpc) is 2.06. The van der Waals surface area contributed by atoms with Crippen molar-refractivity contribution in [1.29, 1.82) is 0 Å². The SMILES string of the molecule is Nc1c(S)cc(C(=O)O)cc1S(=O)(=O)O. The molecule has 0 radical (unpaired) electrons. The van der Waals surface area contributed by atoms with E-state index in [0.717, 1.165) is 12.1 Å². The van der Waals surface area contributed by atoms with Crippen LogP contribution in [0.1, 0.15) is 10.4 Å². The predicted octanol–water partition coefficient (Wildman–Crippen LogP) is 0.502. The van der Waals surface area contributed by atoms with Gasteiger partial charge in [-0.3, -0.25) is 4.55 Å². The molecule has 1 aromatic rings. The third-order valence-corrected chi connectivity index (χ3v) is 2.91. The Bertz CT molecular complexity index is 522. The summed E-state index contributed by atoms with van der Waals surface area (Å²) in [6.07, 6.45) is 0. The van der Waals surface area contributed by atoms with Gasteiger partial charge in [0.1, 0.15) is 4.90 Å². The Morgan fingerprint density at radius 3 is 2.33 bits per heavy atom. The predicted molar refractivity (Wildman–Crippen MR) is 54.9 cm³/mol. The number of hydrogen-bond donors (Lipinski definition) is 4. The van der Waals surface area contributed by atoms with Crippen LogP contribution in [0.5, 0.6) is 0 Å². The largest absolute Gasteiger partial charge is 0.478 e. The number of carboxylic acids is 1. The van der Waals surface area contributed by atoms with Crippen LogP contribution in [0.15, 0.2) is 21.9 Å². The second-order valence-electron chi connectivity index (χ2n) is 2.69. The number of nitrogens with two attached hydrogens (primary N) is 1. The maximum absolute atomic E-state index is 10.8. The molecule has 0 saturated carbocycles. The van der Waals surface area contributed by atoms with Gasteiger partial charge in [-0.05, 0) is 12.1 Å². The zero-order valence-electron chi connectivity index (χ0n) is 7.21. The van der Waals surface area contributed by atoms with Crippen molar-refractivity contribution in [2.75, 3.05) is 5.73 Å². The average molecular weight is 249 g/mol. The summed E-state index contributed by atoms with van der Waals surface area (Å²) in [5.41, 5.74) is 4.73. The molecule has 0 fully saturated rings. The number of rotatable bonds is 2. The first-order valence-corrected chi connectivity index (χ1v) is 5.45. The molecule has 82 valence electrons. The fourth-order valence-corrected chi connectivity index (χ4v) is 1.95. The molecule has 0 aromatic heterocycles. The van der Waals surface area contributed by atoms with Crippen molar-refractivity contribution in [2.45, 2.75) is 9.79 Å². The molecule has 0 aliphatic rings. The number of carboxylic acid groups (broad SMARTS) is 1. The lowest BCUT2D eigenvalue weighted by atomic mass is 10.2. The molecule has 1 rings (SSSR count). The van der Waals surface area contributed by atoms with Crippen LogP contribution < -0.4 is 5.73 Å². The highest BCUT2D eigenvalue weighted by atomic mass is 32.2. The number of carbonyl (C=O) groups is 1. The molecule has 0 aliphatic carbocycles. The number of aromatic carboxylic acids is 1. The van der Waals surface area contributed by atoms with Crippen molar-refractivity contribution in [3.05, 3.63) is 17.7 Å². The molecule has 0 amide bonds. The van der Waals surface area contributed by atoms with Gasteiger partial charge in [-0.1, -0.05) is 0 Å². The third-order valence-electron chi connectivity index (χ3n) is 1.65. The Hall–Kier alpha value is -1.25. The van der Waals surface area contributed by atoms with Gasteiger partial charge < -0.3 is 10.8 Å². The topological polar surface area (TPSA) is 118 Å². The summed E-state index contributed by atoms with van der Waals surface area (Å²) in [6.45, 7) is 0. The molecule has 8 heteroatoms. The lowest BCUT2D eigenvalue weighted by Crippen LogP contribution is -2.07. The van der Waals surface area contributed by atoms with Crippen LogP contribution in [0.2, 0.25) is 0 Å². The maximum Gasteiger partial charge on any atom is 0.335 e. The van der Waals surface area contributed by atoms with E-state index in [0.29, 0.717) is 0 Å². The maximum atomic E-state index is 10.8. The summed E-state index contributed by atoms with van der Waals surface area (Å²) in [4.78, 5) is 9.91. The first-order chi connectivity index (χ1) is 6.73. The molecule has 1 aromatic carbocycles. The van der Waals surface area contributed by atoms with Gasteiger partial charge in [0.05, 0.1) is 11.3 Å². The summed E-state index contributed by atoms with van der Waals surface area (Å²) in [7, 11) is -4.55. The van der Waals surface area contributed by atoms with Crippen molar-refractivity contribution in [2.24, 2.45) is 0 Å².